The van der Waals surface area contributed by atoms with Crippen LogP contribution in [0.25, 0.3) is 0 Å². The summed E-state index contributed by atoms with van der Waals surface area (Å²) >= 11 is 0. The molecular weight excluding hydrogens is 274 g/mol. The summed E-state index contributed by atoms with van der Waals surface area (Å²) in [5.41, 5.74) is 0.222. The zero-order valence-corrected chi connectivity index (χ0v) is 10.8. The molecule has 6 heteroatoms. The Morgan fingerprint density at radius 1 is 1.25 bits per heavy atom. The first-order chi connectivity index (χ1) is 9.35. The van der Waals surface area contributed by atoms with Crippen LogP contribution in [0.3, 0.4) is 0 Å². The largest absolute Gasteiger partial charge is 0.401 e. The fourth-order valence-corrected chi connectivity index (χ4v) is 2.12. The number of Topliss-reactive ketones (excluding diaryl/α,β-unsaturated/α-hetero) is 1. The van der Waals surface area contributed by atoms with E-state index in [1.54, 1.807) is 6.07 Å². The molecule has 2 nitrogen and oxygen atoms in total. The average Bonchev–Trinajstić information content (AvgIpc) is 3.13. The number of nitrogens with zero attached hydrogens (tertiary/aromatic N) is 1. The van der Waals surface area contributed by atoms with Gasteiger partial charge in [0.15, 0.2) is 5.78 Å². The van der Waals surface area contributed by atoms with E-state index in [0.29, 0.717) is 12.8 Å². The van der Waals surface area contributed by atoms with E-state index >= 15 is 0 Å². The minimum atomic E-state index is -4.32. The Bertz CT molecular complexity index is 482. The Morgan fingerprint density at radius 2 is 1.90 bits per heavy atom. The van der Waals surface area contributed by atoms with E-state index in [4.69, 9.17) is 0 Å². The minimum Gasteiger partial charge on any atom is -0.298 e. The second-order valence-corrected chi connectivity index (χ2v) is 5.06. The summed E-state index contributed by atoms with van der Waals surface area (Å²) in [5.74, 6) is -0.902. The van der Waals surface area contributed by atoms with Crippen LogP contribution in [0, 0.1) is 5.82 Å². The van der Waals surface area contributed by atoms with Crippen molar-refractivity contribution in [1.29, 1.82) is 0 Å². The van der Waals surface area contributed by atoms with Crippen molar-refractivity contribution in [2.45, 2.75) is 31.5 Å². The van der Waals surface area contributed by atoms with E-state index in [1.165, 1.54) is 18.2 Å². The standard InChI is InChI=1S/C14H15F4NO/c15-13-4-2-1-3-10(13)7-12(20)8-19(11-5-6-11)9-14(16,17)18/h1-4,11H,5-9H2. The maximum Gasteiger partial charge on any atom is 0.401 e. The average molecular weight is 289 g/mol. The van der Waals surface area contributed by atoms with E-state index in [-0.39, 0.29) is 24.6 Å². The molecule has 1 fully saturated rings. The maximum absolute atomic E-state index is 13.4. The molecule has 0 heterocycles. The Morgan fingerprint density at radius 3 is 2.45 bits per heavy atom. The smallest absolute Gasteiger partial charge is 0.298 e. The van der Waals surface area contributed by atoms with Crippen LogP contribution in [0.2, 0.25) is 0 Å². The lowest BCUT2D eigenvalue weighted by Gasteiger charge is -2.22. The molecule has 0 saturated heterocycles. The lowest BCUT2D eigenvalue weighted by Crippen LogP contribution is -2.39. The Labute approximate surface area is 114 Å². The SMILES string of the molecule is O=C(Cc1ccccc1F)CN(CC(F)(F)F)C1CC1. The van der Waals surface area contributed by atoms with Gasteiger partial charge in [-0.3, -0.25) is 9.69 Å². The van der Waals surface area contributed by atoms with E-state index in [2.05, 4.69) is 0 Å². The molecule has 2 rings (SSSR count). The summed E-state index contributed by atoms with van der Waals surface area (Å²) < 4.78 is 50.7. The number of halogens is 4. The number of hydrogen-bond donors (Lipinski definition) is 0. The number of alkyl halides is 3. The van der Waals surface area contributed by atoms with Crippen LogP contribution in [-0.4, -0.2) is 36.0 Å². The van der Waals surface area contributed by atoms with Crippen LogP contribution < -0.4 is 0 Å². The zero-order chi connectivity index (χ0) is 14.8. The highest BCUT2D eigenvalue weighted by atomic mass is 19.4. The third-order valence-electron chi connectivity index (χ3n) is 3.17. The van der Waals surface area contributed by atoms with Gasteiger partial charge in [-0.05, 0) is 24.5 Å². The molecule has 20 heavy (non-hydrogen) atoms. The first-order valence-electron chi connectivity index (χ1n) is 6.41. The highest BCUT2D eigenvalue weighted by Gasteiger charge is 2.38. The van der Waals surface area contributed by atoms with E-state index < -0.39 is 24.3 Å². The predicted octanol–water partition coefficient (Wildman–Crippen LogP) is 2.96. The summed E-state index contributed by atoms with van der Waals surface area (Å²) in [4.78, 5) is 13.0. The summed E-state index contributed by atoms with van der Waals surface area (Å²) in [6.45, 7) is -1.36. The molecule has 0 N–H and O–H groups in total. The quantitative estimate of drug-likeness (QED) is 0.750. The molecule has 0 aromatic heterocycles. The van der Waals surface area contributed by atoms with Crippen molar-refractivity contribution in [1.82, 2.24) is 4.90 Å². The lowest BCUT2D eigenvalue weighted by molar-refractivity contribution is -0.149. The molecule has 0 aliphatic heterocycles. The monoisotopic (exact) mass is 289 g/mol. The summed E-state index contributed by atoms with van der Waals surface area (Å²) in [5, 5.41) is 0. The molecule has 0 atom stereocenters. The van der Waals surface area contributed by atoms with Gasteiger partial charge >= 0.3 is 6.18 Å². The highest BCUT2D eigenvalue weighted by molar-refractivity contribution is 5.82. The summed E-state index contributed by atoms with van der Waals surface area (Å²) in [6.07, 6.45) is -3.12. The van der Waals surface area contributed by atoms with Gasteiger partial charge in [0, 0.05) is 12.5 Å². The third kappa shape index (κ3) is 4.59. The molecule has 1 aliphatic carbocycles. The minimum absolute atomic E-state index is 0.166. The second-order valence-electron chi connectivity index (χ2n) is 5.06. The number of hydrogen-bond acceptors (Lipinski definition) is 2. The molecule has 0 bridgehead atoms. The second kappa shape index (κ2) is 5.91. The van der Waals surface area contributed by atoms with Crippen LogP contribution in [-0.2, 0) is 11.2 Å². The van der Waals surface area contributed by atoms with Crippen molar-refractivity contribution in [3.63, 3.8) is 0 Å². The van der Waals surface area contributed by atoms with Gasteiger partial charge < -0.3 is 0 Å². The van der Waals surface area contributed by atoms with E-state index in [0.717, 1.165) is 4.90 Å². The van der Waals surface area contributed by atoms with Crippen molar-refractivity contribution >= 4 is 5.78 Å². The fraction of sp³-hybridized carbons (Fsp3) is 0.500. The van der Waals surface area contributed by atoms with Gasteiger partial charge in [0.1, 0.15) is 5.82 Å². The molecular formula is C14H15F4NO. The maximum atomic E-state index is 13.4. The van der Waals surface area contributed by atoms with Crippen LogP contribution in [0.15, 0.2) is 24.3 Å². The Hall–Kier alpha value is -1.43. The van der Waals surface area contributed by atoms with Gasteiger partial charge in [0.2, 0.25) is 0 Å². The molecule has 0 unspecified atom stereocenters. The number of rotatable bonds is 6. The van der Waals surface area contributed by atoms with Crippen molar-refractivity contribution in [2.75, 3.05) is 13.1 Å². The van der Waals surface area contributed by atoms with Gasteiger partial charge in [-0.15, -0.1) is 0 Å². The van der Waals surface area contributed by atoms with Crippen molar-refractivity contribution < 1.29 is 22.4 Å². The topological polar surface area (TPSA) is 20.3 Å². The van der Waals surface area contributed by atoms with Crippen LogP contribution >= 0.6 is 0 Å². The molecule has 0 spiro atoms. The van der Waals surface area contributed by atoms with Crippen molar-refractivity contribution in [3.8, 4) is 0 Å². The molecule has 0 radical (unpaired) electrons. The van der Waals surface area contributed by atoms with E-state index in [1.807, 2.05) is 0 Å². The highest BCUT2D eigenvalue weighted by Crippen LogP contribution is 2.30. The Kier molecular flexibility index (Phi) is 4.42. The van der Waals surface area contributed by atoms with Crippen molar-refractivity contribution in [2.24, 2.45) is 0 Å². The van der Waals surface area contributed by atoms with Crippen molar-refractivity contribution in [3.05, 3.63) is 35.6 Å². The molecule has 0 amide bonds. The zero-order valence-electron chi connectivity index (χ0n) is 10.8. The van der Waals surface area contributed by atoms with Gasteiger partial charge in [0.05, 0.1) is 13.1 Å². The van der Waals surface area contributed by atoms with Gasteiger partial charge in [0.25, 0.3) is 0 Å². The number of carbonyl (C=O) groups is 1. The first kappa shape index (κ1) is 15.0. The van der Waals surface area contributed by atoms with E-state index in [9.17, 15) is 22.4 Å². The van der Waals surface area contributed by atoms with Gasteiger partial charge in [-0.25, -0.2) is 4.39 Å². The van der Waals surface area contributed by atoms with Crippen LogP contribution in [0.4, 0.5) is 17.6 Å². The number of ketones is 1. The number of carbonyl (C=O) groups excluding carboxylic acids is 1. The molecule has 1 aliphatic rings. The summed E-state index contributed by atoms with van der Waals surface area (Å²) in [7, 11) is 0. The molecule has 1 aromatic rings. The van der Waals surface area contributed by atoms with Gasteiger partial charge in [-0.2, -0.15) is 13.2 Å². The van der Waals surface area contributed by atoms with Crippen LogP contribution in [0.1, 0.15) is 18.4 Å². The predicted molar refractivity (Wildman–Crippen MR) is 65.8 cm³/mol. The molecule has 110 valence electrons. The lowest BCUT2D eigenvalue weighted by atomic mass is 10.1. The Balaban J connectivity index is 1.93. The molecule has 1 saturated carbocycles. The number of benzene rings is 1. The van der Waals surface area contributed by atoms with Crippen LogP contribution in [0.5, 0.6) is 0 Å². The van der Waals surface area contributed by atoms with Gasteiger partial charge in [-0.1, -0.05) is 18.2 Å². The third-order valence-corrected chi connectivity index (χ3v) is 3.17. The summed E-state index contributed by atoms with van der Waals surface area (Å²) in [6, 6.07) is 5.64. The first-order valence-corrected chi connectivity index (χ1v) is 6.41. The normalized spacial score (nSPS) is 15.7. The fourth-order valence-electron chi connectivity index (χ4n) is 2.12. The molecule has 1 aromatic carbocycles.